The molecule has 1 saturated carbocycles. The van der Waals surface area contributed by atoms with E-state index in [0.717, 1.165) is 25.4 Å². The topological polar surface area (TPSA) is 29.5 Å². The molecule has 0 bridgehead atoms. The molecule has 0 N–H and O–H groups in total. The van der Waals surface area contributed by atoms with E-state index < -0.39 is 0 Å². The standard InChI is InChI=1S/C11H21NO2/c1-4-7-12(8-10-5-6-10)9(2)11(13)14-3/h9-10H,4-8H2,1-3H3. The number of nitrogens with zero attached hydrogens (tertiary/aromatic N) is 1. The summed E-state index contributed by atoms with van der Waals surface area (Å²) < 4.78 is 4.76. The minimum absolute atomic E-state index is 0.0828. The highest BCUT2D eigenvalue weighted by atomic mass is 16.5. The number of hydrogen-bond donors (Lipinski definition) is 0. The van der Waals surface area contributed by atoms with Gasteiger partial charge in [-0.1, -0.05) is 6.92 Å². The van der Waals surface area contributed by atoms with Crippen molar-refractivity contribution in [1.29, 1.82) is 0 Å². The summed E-state index contributed by atoms with van der Waals surface area (Å²) in [4.78, 5) is 13.6. The summed E-state index contributed by atoms with van der Waals surface area (Å²) in [5, 5.41) is 0. The minimum Gasteiger partial charge on any atom is -0.468 e. The summed E-state index contributed by atoms with van der Waals surface area (Å²) in [5.41, 5.74) is 0. The predicted octanol–water partition coefficient (Wildman–Crippen LogP) is 1.67. The van der Waals surface area contributed by atoms with E-state index in [4.69, 9.17) is 4.74 Å². The molecular formula is C11H21NO2. The highest BCUT2D eigenvalue weighted by molar-refractivity contribution is 5.75. The van der Waals surface area contributed by atoms with E-state index in [-0.39, 0.29) is 12.0 Å². The molecule has 0 spiro atoms. The van der Waals surface area contributed by atoms with Crippen molar-refractivity contribution in [2.75, 3.05) is 20.2 Å². The first kappa shape index (κ1) is 11.5. The number of ether oxygens (including phenoxy) is 1. The number of carbonyl (C=O) groups is 1. The van der Waals surface area contributed by atoms with Crippen LogP contribution in [0.1, 0.15) is 33.1 Å². The van der Waals surface area contributed by atoms with Crippen LogP contribution in [0.3, 0.4) is 0 Å². The maximum atomic E-state index is 11.4. The highest BCUT2D eigenvalue weighted by Crippen LogP contribution is 2.30. The third-order valence-corrected chi connectivity index (χ3v) is 2.79. The van der Waals surface area contributed by atoms with Gasteiger partial charge in [-0.05, 0) is 38.6 Å². The molecule has 14 heavy (non-hydrogen) atoms. The van der Waals surface area contributed by atoms with Crippen molar-refractivity contribution in [3.05, 3.63) is 0 Å². The second-order valence-electron chi connectivity index (χ2n) is 4.14. The third kappa shape index (κ3) is 3.29. The molecule has 1 atom stereocenters. The molecule has 0 amide bonds. The van der Waals surface area contributed by atoms with Gasteiger partial charge in [0.15, 0.2) is 0 Å². The lowest BCUT2D eigenvalue weighted by molar-refractivity contribution is -0.146. The molecule has 0 heterocycles. The molecule has 1 unspecified atom stereocenters. The molecular weight excluding hydrogens is 178 g/mol. The summed E-state index contributed by atoms with van der Waals surface area (Å²) in [6.45, 7) is 6.13. The first-order valence-corrected chi connectivity index (χ1v) is 5.51. The summed E-state index contributed by atoms with van der Waals surface area (Å²) in [6.07, 6.45) is 3.75. The fraction of sp³-hybridized carbons (Fsp3) is 0.909. The lowest BCUT2D eigenvalue weighted by atomic mass is 10.2. The van der Waals surface area contributed by atoms with Gasteiger partial charge in [-0.25, -0.2) is 0 Å². The molecule has 0 aliphatic heterocycles. The largest absolute Gasteiger partial charge is 0.468 e. The van der Waals surface area contributed by atoms with Crippen LogP contribution in [-0.2, 0) is 9.53 Å². The van der Waals surface area contributed by atoms with Crippen molar-refractivity contribution in [3.8, 4) is 0 Å². The van der Waals surface area contributed by atoms with Crippen LogP contribution in [0.4, 0.5) is 0 Å². The van der Waals surface area contributed by atoms with Gasteiger partial charge in [0.2, 0.25) is 0 Å². The lowest BCUT2D eigenvalue weighted by Gasteiger charge is -2.26. The zero-order chi connectivity index (χ0) is 10.6. The van der Waals surface area contributed by atoms with Crippen molar-refractivity contribution in [2.45, 2.75) is 39.2 Å². The Hall–Kier alpha value is -0.570. The van der Waals surface area contributed by atoms with Gasteiger partial charge in [-0.2, -0.15) is 0 Å². The monoisotopic (exact) mass is 199 g/mol. The van der Waals surface area contributed by atoms with Gasteiger partial charge < -0.3 is 4.74 Å². The molecule has 1 aliphatic carbocycles. The van der Waals surface area contributed by atoms with Gasteiger partial charge in [-0.15, -0.1) is 0 Å². The Kier molecular flexibility index (Phi) is 4.39. The van der Waals surface area contributed by atoms with Crippen LogP contribution < -0.4 is 0 Å². The quantitative estimate of drug-likeness (QED) is 0.609. The molecule has 82 valence electrons. The average Bonchev–Trinajstić information content (AvgIpc) is 2.98. The van der Waals surface area contributed by atoms with Crippen molar-refractivity contribution in [1.82, 2.24) is 4.90 Å². The first-order chi connectivity index (χ1) is 6.69. The first-order valence-electron chi connectivity index (χ1n) is 5.51. The summed E-state index contributed by atoms with van der Waals surface area (Å²) >= 11 is 0. The Labute approximate surface area is 86.4 Å². The van der Waals surface area contributed by atoms with E-state index in [2.05, 4.69) is 11.8 Å². The van der Waals surface area contributed by atoms with Gasteiger partial charge in [0, 0.05) is 6.54 Å². The smallest absolute Gasteiger partial charge is 0.322 e. The fourth-order valence-electron chi connectivity index (χ4n) is 1.68. The predicted molar refractivity (Wildman–Crippen MR) is 56.1 cm³/mol. The van der Waals surface area contributed by atoms with Crippen LogP contribution in [0.2, 0.25) is 0 Å². The van der Waals surface area contributed by atoms with Crippen LogP contribution in [0.25, 0.3) is 0 Å². The van der Waals surface area contributed by atoms with E-state index in [9.17, 15) is 4.79 Å². The van der Waals surface area contributed by atoms with Crippen molar-refractivity contribution in [2.24, 2.45) is 5.92 Å². The van der Waals surface area contributed by atoms with Crippen LogP contribution in [0.5, 0.6) is 0 Å². The molecule has 0 aromatic rings. The van der Waals surface area contributed by atoms with Gasteiger partial charge in [-0.3, -0.25) is 9.69 Å². The van der Waals surface area contributed by atoms with E-state index in [1.54, 1.807) is 0 Å². The van der Waals surface area contributed by atoms with Crippen LogP contribution in [0.15, 0.2) is 0 Å². The van der Waals surface area contributed by atoms with Crippen molar-refractivity contribution in [3.63, 3.8) is 0 Å². The molecule has 1 rings (SSSR count). The third-order valence-electron chi connectivity index (χ3n) is 2.79. The zero-order valence-electron chi connectivity index (χ0n) is 9.45. The Bertz CT molecular complexity index is 190. The van der Waals surface area contributed by atoms with Crippen LogP contribution in [0, 0.1) is 5.92 Å². The Balaban J connectivity index is 2.41. The minimum atomic E-state index is -0.112. The normalized spacial score (nSPS) is 18.3. The SMILES string of the molecule is CCCN(CC1CC1)C(C)C(=O)OC. The molecule has 3 nitrogen and oxygen atoms in total. The van der Waals surface area contributed by atoms with Gasteiger partial charge in [0.1, 0.15) is 6.04 Å². The molecule has 0 radical (unpaired) electrons. The van der Waals surface area contributed by atoms with E-state index >= 15 is 0 Å². The van der Waals surface area contributed by atoms with Crippen LogP contribution >= 0.6 is 0 Å². The Morgan fingerprint density at radius 3 is 2.64 bits per heavy atom. The second kappa shape index (κ2) is 5.35. The highest BCUT2D eigenvalue weighted by Gasteiger charge is 2.28. The Morgan fingerprint density at radius 1 is 1.57 bits per heavy atom. The second-order valence-corrected chi connectivity index (χ2v) is 4.14. The number of rotatable bonds is 6. The van der Waals surface area contributed by atoms with Gasteiger partial charge in [0.25, 0.3) is 0 Å². The molecule has 3 heteroatoms. The van der Waals surface area contributed by atoms with Gasteiger partial charge >= 0.3 is 5.97 Å². The summed E-state index contributed by atoms with van der Waals surface area (Å²) in [7, 11) is 1.46. The van der Waals surface area contributed by atoms with Crippen molar-refractivity contribution >= 4 is 5.97 Å². The molecule has 0 aromatic carbocycles. The van der Waals surface area contributed by atoms with E-state index in [1.165, 1.54) is 20.0 Å². The van der Waals surface area contributed by atoms with Gasteiger partial charge in [0.05, 0.1) is 7.11 Å². The van der Waals surface area contributed by atoms with E-state index in [0.29, 0.717) is 0 Å². The number of methoxy groups -OCH3 is 1. The molecule has 0 saturated heterocycles. The van der Waals surface area contributed by atoms with E-state index in [1.807, 2.05) is 6.92 Å². The fourth-order valence-corrected chi connectivity index (χ4v) is 1.68. The molecule has 0 aromatic heterocycles. The lowest BCUT2D eigenvalue weighted by Crippen LogP contribution is -2.41. The van der Waals surface area contributed by atoms with Crippen LogP contribution in [-0.4, -0.2) is 37.1 Å². The Morgan fingerprint density at radius 2 is 2.21 bits per heavy atom. The average molecular weight is 199 g/mol. The maximum absolute atomic E-state index is 11.4. The molecule has 1 fully saturated rings. The maximum Gasteiger partial charge on any atom is 0.322 e. The van der Waals surface area contributed by atoms with Crippen molar-refractivity contribution < 1.29 is 9.53 Å². The number of esters is 1. The number of hydrogen-bond acceptors (Lipinski definition) is 3. The molecule has 1 aliphatic rings. The number of carbonyl (C=O) groups excluding carboxylic acids is 1. The summed E-state index contributed by atoms with van der Waals surface area (Å²) in [5.74, 6) is 0.716. The summed E-state index contributed by atoms with van der Waals surface area (Å²) in [6, 6.07) is -0.0828. The zero-order valence-corrected chi connectivity index (χ0v) is 9.45.